The zero-order chi connectivity index (χ0) is 32.2. The highest BCUT2D eigenvalue weighted by Gasteiger charge is 2.28. The summed E-state index contributed by atoms with van der Waals surface area (Å²) < 4.78 is 5.79. The van der Waals surface area contributed by atoms with E-state index < -0.39 is 12.1 Å². The number of phenols is 4. The molecule has 0 radical (unpaired) electrons. The van der Waals surface area contributed by atoms with Gasteiger partial charge in [0.25, 0.3) is 0 Å². The van der Waals surface area contributed by atoms with E-state index in [1.165, 1.54) is 6.92 Å². The Morgan fingerprint density at radius 2 is 1.18 bits per heavy atom. The fourth-order valence-electron chi connectivity index (χ4n) is 7.30. The Morgan fingerprint density at radius 1 is 0.727 bits per heavy atom. The van der Waals surface area contributed by atoms with Crippen molar-refractivity contribution in [2.75, 3.05) is 0 Å². The van der Waals surface area contributed by atoms with Gasteiger partial charge in [0.2, 0.25) is 0 Å². The Labute approximate surface area is 265 Å². The standard InChI is InChI=1S/C38H58O6/c1-6-8-16-29-19-13-11-15-26(4)38(44-27(5)39)31-23-34(42)37(35(43)24-31)30(17-9-7-2)18-12-10-14-25(3)20-28-21-32(40)36(29)33(41)22-28/h21-26,29-30,38,40-43H,6-20H2,1-5H3. The minimum Gasteiger partial charge on any atom is -0.508 e. The first-order chi connectivity index (χ1) is 21.0. The van der Waals surface area contributed by atoms with Crippen molar-refractivity contribution in [1.82, 2.24) is 0 Å². The molecule has 6 heteroatoms. The molecule has 0 aromatic heterocycles. The summed E-state index contributed by atoms with van der Waals surface area (Å²) in [6, 6.07) is 7.11. The predicted molar refractivity (Wildman–Crippen MR) is 178 cm³/mol. The normalized spacial score (nSPS) is 24.0. The fraction of sp³-hybridized carbons (Fsp3) is 0.658. The van der Waals surface area contributed by atoms with Gasteiger partial charge in [-0.05, 0) is 92.0 Å². The number of hydrogen-bond acceptors (Lipinski definition) is 6. The van der Waals surface area contributed by atoms with E-state index in [9.17, 15) is 25.2 Å². The van der Waals surface area contributed by atoms with Crippen molar-refractivity contribution in [3.8, 4) is 23.0 Å². The molecule has 0 aliphatic heterocycles. The topological polar surface area (TPSA) is 107 Å². The average molecular weight is 611 g/mol. The molecule has 0 spiro atoms. The first-order valence-corrected chi connectivity index (χ1v) is 17.3. The molecular weight excluding hydrogens is 552 g/mol. The van der Waals surface area contributed by atoms with Gasteiger partial charge in [-0.3, -0.25) is 4.79 Å². The van der Waals surface area contributed by atoms with Crippen molar-refractivity contribution in [3.05, 3.63) is 46.5 Å². The second-order valence-corrected chi connectivity index (χ2v) is 13.6. The van der Waals surface area contributed by atoms with Crippen LogP contribution in [-0.2, 0) is 16.0 Å². The zero-order valence-corrected chi connectivity index (χ0v) is 27.9. The third-order valence-electron chi connectivity index (χ3n) is 9.67. The Kier molecular flexibility index (Phi) is 14.2. The molecule has 6 nitrogen and oxygen atoms in total. The largest absolute Gasteiger partial charge is 0.508 e. The first-order valence-electron chi connectivity index (χ1n) is 17.3. The van der Waals surface area contributed by atoms with Crippen LogP contribution in [0, 0.1) is 11.8 Å². The molecule has 0 amide bonds. The van der Waals surface area contributed by atoms with Gasteiger partial charge in [0.1, 0.15) is 29.1 Å². The van der Waals surface area contributed by atoms with Gasteiger partial charge in [0, 0.05) is 23.6 Å². The van der Waals surface area contributed by atoms with Crippen LogP contribution in [0.1, 0.15) is 165 Å². The summed E-state index contributed by atoms with van der Waals surface area (Å²) in [6.07, 6.45) is 13.4. The van der Waals surface area contributed by atoms with Crippen molar-refractivity contribution in [3.63, 3.8) is 0 Å². The van der Waals surface area contributed by atoms with E-state index in [-0.39, 0.29) is 40.8 Å². The number of hydrogen-bond donors (Lipinski definition) is 4. The first kappa shape index (κ1) is 35.6. The Balaban J connectivity index is 1.95. The van der Waals surface area contributed by atoms with Gasteiger partial charge < -0.3 is 25.2 Å². The highest BCUT2D eigenvalue weighted by molar-refractivity contribution is 5.66. The third kappa shape index (κ3) is 10.1. The van der Waals surface area contributed by atoms with Crippen LogP contribution in [0.25, 0.3) is 0 Å². The van der Waals surface area contributed by atoms with Gasteiger partial charge in [-0.2, -0.15) is 0 Å². The smallest absolute Gasteiger partial charge is 0.303 e. The fourth-order valence-corrected chi connectivity index (χ4v) is 7.30. The number of aromatic hydroxyl groups is 4. The lowest BCUT2D eigenvalue weighted by Crippen LogP contribution is -2.17. The zero-order valence-electron chi connectivity index (χ0n) is 27.9. The van der Waals surface area contributed by atoms with Crippen molar-refractivity contribution >= 4 is 5.97 Å². The van der Waals surface area contributed by atoms with Crippen molar-refractivity contribution < 1.29 is 30.0 Å². The Bertz CT molecular complexity index is 1140. The molecule has 4 bridgehead atoms. The van der Waals surface area contributed by atoms with Crippen LogP contribution in [0.5, 0.6) is 23.0 Å². The molecule has 4 aliphatic carbocycles. The Morgan fingerprint density at radius 3 is 1.66 bits per heavy atom. The van der Waals surface area contributed by atoms with E-state index in [1.54, 1.807) is 12.1 Å². The van der Waals surface area contributed by atoms with Crippen LogP contribution in [0.4, 0.5) is 0 Å². The van der Waals surface area contributed by atoms with E-state index in [2.05, 4.69) is 20.8 Å². The van der Waals surface area contributed by atoms with E-state index in [1.807, 2.05) is 19.1 Å². The Hall–Kier alpha value is -2.89. The van der Waals surface area contributed by atoms with Crippen LogP contribution in [0.15, 0.2) is 24.3 Å². The van der Waals surface area contributed by atoms with Gasteiger partial charge in [0.05, 0.1) is 0 Å². The van der Waals surface area contributed by atoms with Crippen molar-refractivity contribution in [2.24, 2.45) is 11.8 Å². The summed E-state index contributed by atoms with van der Waals surface area (Å²) in [5, 5.41) is 44.7. The molecular formula is C38H58O6. The maximum absolute atomic E-state index is 12.1. The molecule has 0 heterocycles. The lowest BCUT2D eigenvalue weighted by atomic mass is 9.83. The van der Waals surface area contributed by atoms with Gasteiger partial charge >= 0.3 is 5.97 Å². The van der Waals surface area contributed by atoms with Crippen LogP contribution in [0.3, 0.4) is 0 Å². The summed E-state index contributed by atoms with van der Waals surface area (Å²) in [5.41, 5.74) is 2.86. The quantitative estimate of drug-likeness (QED) is 0.232. The molecule has 2 aromatic carbocycles. The minimum absolute atomic E-state index is 0.0329. The lowest BCUT2D eigenvalue weighted by Gasteiger charge is -2.27. The number of ether oxygens (including phenoxy) is 1. The van der Waals surface area contributed by atoms with Gasteiger partial charge in [-0.15, -0.1) is 0 Å². The number of benzene rings is 2. The summed E-state index contributed by atoms with van der Waals surface area (Å²) >= 11 is 0. The summed E-state index contributed by atoms with van der Waals surface area (Å²) in [7, 11) is 0. The molecule has 6 rings (SSSR count). The number of rotatable bonds is 7. The molecule has 246 valence electrons. The van der Waals surface area contributed by atoms with Crippen molar-refractivity contribution in [2.45, 2.75) is 149 Å². The van der Waals surface area contributed by atoms with Crippen LogP contribution >= 0.6 is 0 Å². The maximum atomic E-state index is 12.1. The predicted octanol–water partition coefficient (Wildman–Crippen LogP) is 10.3. The van der Waals surface area contributed by atoms with Gasteiger partial charge in [-0.1, -0.05) is 85.5 Å². The summed E-state index contributed by atoms with van der Waals surface area (Å²) in [6.45, 7) is 9.97. The van der Waals surface area contributed by atoms with E-state index >= 15 is 0 Å². The number of phenolic OH excluding ortho intramolecular Hbond substituents is 4. The lowest BCUT2D eigenvalue weighted by molar-refractivity contribution is -0.149. The average Bonchev–Trinajstić information content (AvgIpc) is 2.95. The maximum Gasteiger partial charge on any atom is 0.303 e. The molecule has 0 fully saturated rings. The van der Waals surface area contributed by atoms with Crippen LogP contribution in [0.2, 0.25) is 0 Å². The number of unbranched alkanes of at least 4 members (excludes halogenated alkanes) is 2. The number of esters is 1. The van der Waals surface area contributed by atoms with Gasteiger partial charge in [-0.25, -0.2) is 0 Å². The minimum atomic E-state index is -0.580. The number of carbonyl (C=O) groups is 1. The summed E-state index contributed by atoms with van der Waals surface area (Å²) in [4.78, 5) is 12.1. The highest BCUT2D eigenvalue weighted by Crippen LogP contribution is 2.45. The molecule has 4 aliphatic rings. The monoisotopic (exact) mass is 610 g/mol. The molecule has 4 N–H and O–H groups in total. The second kappa shape index (κ2) is 17.6. The highest BCUT2D eigenvalue weighted by atomic mass is 16.5. The third-order valence-corrected chi connectivity index (χ3v) is 9.67. The molecule has 5 atom stereocenters. The molecule has 0 saturated heterocycles. The molecule has 44 heavy (non-hydrogen) atoms. The van der Waals surface area contributed by atoms with E-state index in [0.717, 1.165) is 102 Å². The second-order valence-electron chi connectivity index (χ2n) is 13.6. The van der Waals surface area contributed by atoms with Crippen LogP contribution in [-0.4, -0.2) is 26.4 Å². The number of carbonyl (C=O) groups excluding carboxylic acids is 1. The van der Waals surface area contributed by atoms with Crippen molar-refractivity contribution in [1.29, 1.82) is 0 Å². The molecule has 5 unspecified atom stereocenters. The van der Waals surface area contributed by atoms with E-state index in [0.29, 0.717) is 22.6 Å². The van der Waals surface area contributed by atoms with Gasteiger partial charge in [0.15, 0.2) is 0 Å². The molecule has 2 aromatic rings. The molecule has 0 saturated carbocycles. The van der Waals surface area contributed by atoms with Crippen LogP contribution < -0.4 is 0 Å². The summed E-state index contributed by atoms with van der Waals surface area (Å²) in [5.74, 6) is 0.670. The SMILES string of the molecule is CCCCC1CCCCC(C)Cc2cc(O)c(c(O)c2)C(CCCC)CCCCC(C)C(OC(C)=O)c2cc(O)c1c(O)c2. The van der Waals surface area contributed by atoms with E-state index in [4.69, 9.17) is 4.74 Å².